The van der Waals surface area contributed by atoms with Crippen molar-refractivity contribution < 1.29 is 23.6 Å². The summed E-state index contributed by atoms with van der Waals surface area (Å²) in [4.78, 5) is 49.8. The maximum atomic E-state index is 13.3. The van der Waals surface area contributed by atoms with E-state index in [1.54, 1.807) is 18.2 Å². The third-order valence-corrected chi connectivity index (χ3v) is 4.87. The number of carbonyl (C=O) groups excluding carboxylic acids is 4. The topological polar surface area (TPSA) is 95.6 Å². The van der Waals surface area contributed by atoms with Gasteiger partial charge in [-0.05, 0) is 48.4 Å². The second-order valence-corrected chi connectivity index (χ2v) is 6.74. The van der Waals surface area contributed by atoms with Crippen LogP contribution in [-0.2, 0) is 16.1 Å². The molecule has 2 aromatic carbocycles. The van der Waals surface area contributed by atoms with E-state index in [2.05, 4.69) is 10.6 Å². The van der Waals surface area contributed by atoms with Crippen LogP contribution >= 0.6 is 0 Å². The lowest BCUT2D eigenvalue weighted by Crippen LogP contribution is -2.52. The first-order chi connectivity index (χ1) is 13.4. The minimum absolute atomic E-state index is 0.182. The first kappa shape index (κ1) is 17.8. The van der Waals surface area contributed by atoms with Gasteiger partial charge < -0.3 is 10.2 Å². The number of nitrogens with zero attached hydrogens (tertiary/aromatic N) is 1. The lowest BCUT2D eigenvalue weighted by atomic mass is 10.0. The number of hydrogen-bond donors (Lipinski definition) is 2. The number of nitrogens with one attached hydrogen (secondary N) is 2. The van der Waals surface area contributed by atoms with E-state index in [0.29, 0.717) is 16.8 Å². The van der Waals surface area contributed by atoms with Crippen LogP contribution in [0.5, 0.6) is 0 Å². The van der Waals surface area contributed by atoms with Crippen molar-refractivity contribution in [2.75, 3.05) is 5.32 Å². The van der Waals surface area contributed by atoms with Crippen LogP contribution in [0.3, 0.4) is 0 Å². The van der Waals surface area contributed by atoms with Gasteiger partial charge >= 0.3 is 0 Å². The Morgan fingerprint density at radius 3 is 2.71 bits per heavy atom. The van der Waals surface area contributed by atoms with Crippen LogP contribution in [0.2, 0.25) is 0 Å². The van der Waals surface area contributed by atoms with Crippen molar-refractivity contribution in [2.45, 2.75) is 25.4 Å². The molecule has 1 saturated heterocycles. The van der Waals surface area contributed by atoms with Crippen LogP contribution < -0.4 is 10.6 Å². The molecule has 1 unspecified atom stereocenters. The molecular weight excluding hydrogens is 365 g/mol. The Balaban J connectivity index is 1.51. The Morgan fingerprint density at radius 2 is 1.96 bits per heavy atom. The SMILES string of the molecule is O=C1CCC(N2Cc3cc(NC(=O)c4cccc(F)c4)ccc3C2=O)C(=O)N1. The Bertz CT molecular complexity index is 1020. The number of anilines is 1. The molecule has 2 aromatic rings. The van der Waals surface area contributed by atoms with Crippen molar-refractivity contribution in [2.24, 2.45) is 0 Å². The molecule has 0 aliphatic carbocycles. The molecule has 2 heterocycles. The van der Waals surface area contributed by atoms with E-state index in [1.807, 2.05) is 0 Å². The number of benzene rings is 2. The molecule has 0 radical (unpaired) electrons. The van der Waals surface area contributed by atoms with Crippen molar-refractivity contribution in [3.05, 3.63) is 65.0 Å². The third kappa shape index (κ3) is 3.24. The zero-order valence-corrected chi connectivity index (χ0v) is 14.7. The average molecular weight is 381 g/mol. The average Bonchev–Trinajstić information content (AvgIpc) is 2.97. The zero-order valence-electron chi connectivity index (χ0n) is 14.7. The molecule has 0 saturated carbocycles. The summed E-state index contributed by atoms with van der Waals surface area (Å²) in [7, 11) is 0. The Kier molecular flexibility index (Phi) is 4.38. The largest absolute Gasteiger partial charge is 0.322 e. The molecule has 0 aromatic heterocycles. The van der Waals surface area contributed by atoms with Gasteiger partial charge in [-0.3, -0.25) is 24.5 Å². The van der Waals surface area contributed by atoms with E-state index in [0.717, 1.165) is 6.07 Å². The third-order valence-electron chi connectivity index (χ3n) is 4.87. The van der Waals surface area contributed by atoms with Crippen LogP contribution in [0.25, 0.3) is 0 Å². The fraction of sp³-hybridized carbons (Fsp3) is 0.200. The molecule has 0 spiro atoms. The summed E-state index contributed by atoms with van der Waals surface area (Å²) in [5.74, 6) is -2.07. The Labute approximate surface area is 159 Å². The monoisotopic (exact) mass is 381 g/mol. The van der Waals surface area contributed by atoms with E-state index < -0.39 is 23.7 Å². The van der Waals surface area contributed by atoms with Crippen molar-refractivity contribution in [1.29, 1.82) is 0 Å². The molecule has 7 nitrogen and oxygen atoms in total. The van der Waals surface area contributed by atoms with Gasteiger partial charge in [0.2, 0.25) is 11.8 Å². The number of rotatable bonds is 3. The highest BCUT2D eigenvalue weighted by Crippen LogP contribution is 2.29. The van der Waals surface area contributed by atoms with E-state index in [1.165, 1.54) is 23.1 Å². The zero-order chi connectivity index (χ0) is 19.8. The number of imide groups is 1. The quantitative estimate of drug-likeness (QED) is 0.793. The molecule has 142 valence electrons. The first-order valence-electron chi connectivity index (χ1n) is 8.77. The molecule has 4 rings (SSSR count). The van der Waals surface area contributed by atoms with Crippen molar-refractivity contribution in [3.63, 3.8) is 0 Å². The predicted octanol–water partition coefficient (Wildman–Crippen LogP) is 1.84. The maximum absolute atomic E-state index is 13.3. The number of hydrogen-bond acceptors (Lipinski definition) is 4. The summed E-state index contributed by atoms with van der Waals surface area (Å²) in [6.07, 6.45) is 0.471. The standard InChI is InChI=1S/C20H16FN3O4/c21-13-3-1-2-11(8-13)18(26)22-14-4-5-15-12(9-14)10-24(20(15)28)16-6-7-17(25)23-19(16)27/h1-5,8-9,16H,6-7,10H2,(H,22,26)(H,23,25,27). The number of amides is 4. The number of carbonyl (C=O) groups is 4. The van der Waals surface area contributed by atoms with Crippen LogP contribution in [0, 0.1) is 5.82 Å². The van der Waals surface area contributed by atoms with Crippen molar-refractivity contribution in [1.82, 2.24) is 10.2 Å². The molecule has 28 heavy (non-hydrogen) atoms. The van der Waals surface area contributed by atoms with Gasteiger partial charge in [0.05, 0.1) is 0 Å². The molecule has 0 bridgehead atoms. The molecular formula is C20H16FN3O4. The van der Waals surface area contributed by atoms with E-state index in [-0.39, 0.29) is 36.8 Å². The molecule has 2 aliphatic rings. The lowest BCUT2D eigenvalue weighted by Gasteiger charge is -2.29. The Morgan fingerprint density at radius 1 is 1.14 bits per heavy atom. The van der Waals surface area contributed by atoms with Gasteiger partial charge in [-0.1, -0.05) is 6.07 Å². The molecule has 2 N–H and O–H groups in total. The normalized spacial score (nSPS) is 18.7. The fourth-order valence-corrected chi connectivity index (χ4v) is 3.49. The van der Waals surface area contributed by atoms with Crippen LogP contribution in [-0.4, -0.2) is 34.6 Å². The van der Waals surface area contributed by atoms with Crippen molar-refractivity contribution in [3.8, 4) is 0 Å². The van der Waals surface area contributed by atoms with Gasteiger partial charge in [-0.2, -0.15) is 0 Å². The van der Waals surface area contributed by atoms with Gasteiger partial charge in [0.15, 0.2) is 0 Å². The number of halogens is 1. The molecule has 8 heteroatoms. The summed E-state index contributed by atoms with van der Waals surface area (Å²) in [6, 6.07) is 9.48. The molecule has 4 amide bonds. The minimum atomic E-state index is -0.692. The maximum Gasteiger partial charge on any atom is 0.255 e. The molecule has 2 aliphatic heterocycles. The second-order valence-electron chi connectivity index (χ2n) is 6.74. The highest BCUT2D eigenvalue weighted by molar-refractivity contribution is 6.07. The van der Waals surface area contributed by atoms with Gasteiger partial charge in [0.25, 0.3) is 11.8 Å². The van der Waals surface area contributed by atoms with Crippen LogP contribution in [0.4, 0.5) is 10.1 Å². The Hall–Kier alpha value is -3.55. The summed E-state index contributed by atoms with van der Waals surface area (Å²) >= 11 is 0. The second kappa shape index (κ2) is 6.88. The summed E-state index contributed by atoms with van der Waals surface area (Å²) in [6.45, 7) is 0.212. The van der Waals surface area contributed by atoms with Crippen molar-refractivity contribution >= 4 is 29.3 Å². The van der Waals surface area contributed by atoms with E-state index in [9.17, 15) is 23.6 Å². The summed E-state index contributed by atoms with van der Waals surface area (Å²) < 4.78 is 13.3. The molecule has 1 fully saturated rings. The van der Waals surface area contributed by atoms with Crippen LogP contribution in [0.1, 0.15) is 39.1 Å². The van der Waals surface area contributed by atoms with Gasteiger partial charge in [-0.25, -0.2) is 4.39 Å². The first-order valence-corrected chi connectivity index (χ1v) is 8.77. The van der Waals surface area contributed by atoms with Gasteiger partial charge in [0.1, 0.15) is 11.9 Å². The smallest absolute Gasteiger partial charge is 0.255 e. The summed E-state index contributed by atoms with van der Waals surface area (Å²) in [5, 5.41) is 4.93. The van der Waals surface area contributed by atoms with Gasteiger partial charge in [0, 0.05) is 29.8 Å². The predicted molar refractivity (Wildman–Crippen MR) is 96.8 cm³/mol. The lowest BCUT2D eigenvalue weighted by molar-refractivity contribution is -0.136. The number of piperidine rings is 1. The van der Waals surface area contributed by atoms with Gasteiger partial charge in [-0.15, -0.1) is 0 Å². The highest BCUT2D eigenvalue weighted by Gasteiger charge is 2.39. The summed E-state index contributed by atoms with van der Waals surface area (Å²) in [5.41, 5.74) is 1.77. The minimum Gasteiger partial charge on any atom is -0.322 e. The van der Waals surface area contributed by atoms with E-state index in [4.69, 9.17) is 0 Å². The highest BCUT2D eigenvalue weighted by atomic mass is 19.1. The van der Waals surface area contributed by atoms with E-state index >= 15 is 0 Å². The number of fused-ring (bicyclic) bond motifs is 1. The van der Waals surface area contributed by atoms with Crippen LogP contribution in [0.15, 0.2) is 42.5 Å². The fourth-order valence-electron chi connectivity index (χ4n) is 3.49. The molecule has 1 atom stereocenters.